The first kappa shape index (κ1) is 66.9. The monoisotopic (exact) mass is 1350 g/mol. The molecule has 500 valence electrons. The Morgan fingerprint density at radius 1 is 0.500 bits per heavy atom. The normalized spacial score (nSPS) is 20.8. The van der Waals surface area contributed by atoms with Gasteiger partial charge in [-0.3, -0.25) is 33.6 Å². The Hall–Kier alpha value is -10.5. The number of benzene rings is 7. The molecule has 0 aliphatic carbocycles. The maximum Gasteiger partial charge on any atom is 0.248 e. The van der Waals surface area contributed by atoms with Crippen LogP contribution in [0.4, 0.5) is 0 Å². The summed E-state index contributed by atoms with van der Waals surface area (Å²) in [7, 11) is 0. The molecule has 7 aromatic carbocycles. The van der Waals surface area contributed by atoms with Crippen molar-refractivity contribution >= 4 is 64.6 Å². The van der Waals surface area contributed by atoms with Crippen LogP contribution in [-0.4, -0.2) is 102 Å². The number of unbranched alkanes of at least 4 members (excludes halogenated alkanes) is 7. The molecule has 0 fully saturated rings. The third-order valence-corrected chi connectivity index (χ3v) is 17.5. The number of nitrogens with two attached hydrogens (primary N) is 2. The van der Waals surface area contributed by atoms with Gasteiger partial charge < -0.3 is 98.6 Å². The number of hydrogen-bond acceptors (Lipinski definition) is 19. The first-order chi connectivity index (χ1) is 46.0. The van der Waals surface area contributed by atoms with E-state index in [0.717, 1.165) is 87.4 Å². The van der Waals surface area contributed by atoms with Crippen molar-refractivity contribution in [3.05, 3.63) is 164 Å². The number of nitrogens with one attached hydrogen (secondary N) is 7. The Labute approximate surface area is 557 Å². The number of amides is 7. The van der Waals surface area contributed by atoms with Crippen LogP contribution >= 0.6 is 23.2 Å². The molecule has 13 rings (SSSR count). The molecule has 0 unspecified atom stereocenters. The minimum Gasteiger partial charge on any atom is -0.508 e. The van der Waals surface area contributed by atoms with Crippen LogP contribution in [0.15, 0.2) is 115 Å². The van der Waals surface area contributed by atoms with E-state index in [4.69, 9.17) is 48.9 Å². The molecular formula is C68H67Cl2N9O17. The molecule has 6 aliphatic heterocycles. The first-order valence-corrected chi connectivity index (χ1v) is 31.6. The van der Waals surface area contributed by atoms with Gasteiger partial charge in [0.05, 0.1) is 10.0 Å². The van der Waals surface area contributed by atoms with Crippen molar-refractivity contribution in [3.63, 3.8) is 0 Å². The Kier molecular flexibility index (Phi) is 19.9. The number of rotatable bonds is 11. The largest absolute Gasteiger partial charge is 0.508 e. The summed E-state index contributed by atoms with van der Waals surface area (Å²) in [5.74, 6) is -13.3. The van der Waals surface area contributed by atoms with Crippen LogP contribution in [0.5, 0.6) is 69.0 Å². The molecule has 0 radical (unpaired) electrons. The van der Waals surface area contributed by atoms with Gasteiger partial charge in [0.2, 0.25) is 47.1 Å². The summed E-state index contributed by atoms with van der Waals surface area (Å²) in [5, 5.41) is 99.6. The smallest absolute Gasteiger partial charge is 0.248 e. The van der Waals surface area contributed by atoms with Crippen LogP contribution in [0.25, 0.3) is 11.1 Å². The summed E-state index contributed by atoms with van der Waals surface area (Å²) in [6.07, 6.45) is 4.66. The first-order valence-electron chi connectivity index (χ1n) is 30.8. The van der Waals surface area contributed by atoms with E-state index in [9.17, 15) is 50.1 Å². The number of phenolic OH excluding ortho intramolecular Hbond substituents is 6. The Bertz CT molecular complexity index is 4250. The third kappa shape index (κ3) is 14.6. The lowest BCUT2D eigenvalue weighted by Crippen LogP contribution is -2.56. The number of carbonyl (C=O) groups excluding carboxylic acids is 7. The van der Waals surface area contributed by atoms with Crippen LogP contribution in [-0.2, 0) is 40.0 Å². The number of hydrogen-bond donors (Lipinski definition) is 16. The van der Waals surface area contributed by atoms with E-state index in [1.165, 1.54) is 72.8 Å². The lowest BCUT2D eigenvalue weighted by Gasteiger charge is -2.31. The average Bonchev–Trinajstić information content (AvgIpc) is 0.774. The standard InChI is InChI=1S/C68H67Cl2N9O17/c69-42-19-31-9-15-48(42)95-51-26-36-27-52(61(51)86)96-49-16-12-34(24-43(49)70)60(85)59-68(93)78-58(64(89)73-18-8-6-4-2-1-3-5-7-17-71)41-29-38(81)30-47(84)53(41)40-23-33(11-13-45(40)82)55(65(90)79-59)76-67(92)57(36)77-66(91)56-35-21-37(80)28-39(22-35)94-50-25-32(10-14-46(50)83)54(72)63(88)74-44(20-31)62(87)75-56/h9-16,19,21-30,44,54-60,80-86H,1-8,17-18,20,71-72H2,(H,73,89)(H,74,88)(H,75,87)(H,76,92)(H,77,91)(H,78,93)(H,79,90)/t44-,54-,55-,56+,57-,58+,59+,60-/m1/s1. The van der Waals surface area contributed by atoms with Gasteiger partial charge in [0.1, 0.15) is 88.6 Å². The highest BCUT2D eigenvalue weighted by atomic mass is 35.5. The topological polar surface area (TPSA) is 425 Å². The number of aromatic hydroxyl groups is 6. The highest BCUT2D eigenvalue weighted by molar-refractivity contribution is 6.32. The van der Waals surface area contributed by atoms with Crippen LogP contribution in [0.3, 0.4) is 0 Å². The predicted molar refractivity (Wildman–Crippen MR) is 346 cm³/mol. The Morgan fingerprint density at radius 3 is 1.75 bits per heavy atom. The molecule has 0 spiro atoms. The quantitative estimate of drug-likeness (QED) is 0.0574. The summed E-state index contributed by atoms with van der Waals surface area (Å²) in [6.45, 7) is 0.729. The molecule has 0 saturated carbocycles. The summed E-state index contributed by atoms with van der Waals surface area (Å²) in [6, 6.07) is 9.54. The molecule has 96 heavy (non-hydrogen) atoms. The zero-order valence-corrected chi connectivity index (χ0v) is 52.5. The van der Waals surface area contributed by atoms with Gasteiger partial charge in [-0.1, -0.05) is 86.0 Å². The SMILES string of the molecule is NCCCCCCCCCCNC(=O)[C@H]1NC(=O)[C@H]2NC(=O)[C@H](NC(=O)[C@@H]3NC(=O)[C@H]4NC(=O)[C@@H](Cc5ccc(c(Cl)c5)Oc5cc3cc(c5O)Oc3ccc(cc3Cl)[C@H]2O)NC(=O)[C@H](N)c2ccc(O)c(c2)Oc2cc(O)cc4c2)c2ccc(O)c(c2)-c2c(O)cc(O)cc21. The zero-order valence-electron chi connectivity index (χ0n) is 51.0. The fraction of sp³-hybridized carbons (Fsp3) is 0.279. The van der Waals surface area contributed by atoms with E-state index in [1.807, 2.05) is 0 Å². The van der Waals surface area contributed by atoms with Crippen LogP contribution in [0.2, 0.25) is 10.0 Å². The van der Waals surface area contributed by atoms with Crippen molar-refractivity contribution in [2.45, 2.75) is 106 Å². The minimum atomic E-state index is -2.15. The molecule has 17 bridgehead atoms. The third-order valence-electron chi connectivity index (χ3n) is 16.9. The van der Waals surface area contributed by atoms with Crippen LogP contribution in [0, 0.1) is 0 Å². The molecular weight excluding hydrogens is 1290 g/mol. The summed E-state index contributed by atoms with van der Waals surface area (Å²) in [4.78, 5) is 106. The molecule has 8 atom stereocenters. The van der Waals surface area contributed by atoms with Gasteiger partial charge in [0, 0.05) is 36.2 Å². The van der Waals surface area contributed by atoms with Gasteiger partial charge in [-0.25, -0.2) is 0 Å². The van der Waals surface area contributed by atoms with Crippen molar-refractivity contribution < 1.29 is 83.5 Å². The van der Waals surface area contributed by atoms with Crippen molar-refractivity contribution in [1.29, 1.82) is 0 Å². The number of phenols is 6. The number of aliphatic hydroxyl groups excluding tert-OH is 1. The molecule has 6 heterocycles. The lowest BCUT2D eigenvalue weighted by atomic mass is 9.89. The summed E-state index contributed by atoms with van der Waals surface area (Å²) >= 11 is 13.8. The zero-order chi connectivity index (χ0) is 68.2. The highest BCUT2D eigenvalue weighted by Crippen LogP contribution is 2.48. The fourth-order valence-corrected chi connectivity index (χ4v) is 12.4. The van der Waals surface area contributed by atoms with Crippen molar-refractivity contribution in [2.24, 2.45) is 11.5 Å². The number of fused-ring (bicyclic) bond motifs is 14. The molecule has 0 saturated heterocycles. The maximum absolute atomic E-state index is 15.9. The number of carbonyl (C=O) groups is 7. The predicted octanol–water partition coefficient (Wildman–Crippen LogP) is 7.10. The summed E-state index contributed by atoms with van der Waals surface area (Å²) < 4.78 is 18.6. The molecule has 26 nitrogen and oxygen atoms in total. The summed E-state index contributed by atoms with van der Waals surface area (Å²) in [5.41, 5.74) is 10.7. The van der Waals surface area contributed by atoms with E-state index in [0.29, 0.717) is 18.5 Å². The molecule has 28 heteroatoms. The number of ether oxygens (including phenoxy) is 3. The van der Waals surface area contributed by atoms with Crippen LogP contribution in [0.1, 0.15) is 127 Å². The molecule has 18 N–H and O–H groups in total. The van der Waals surface area contributed by atoms with Gasteiger partial charge in [-0.05, 0) is 137 Å². The second-order valence-corrected chi connectivity index (χ2v) is 24.5. The molecule has 7 aromatic rings. The van der Waals surface area contributed by atoms with E-state index in [-0.39, 0.29) is 90.5 Å². The molecule has 6 aliphatic rings. The number of halogens is 2. The molecule has 0 aromatic heterocycles. The van der Waals surface area contributed by atoms with E-state index < -0.39 is 136 Å². The van der Waals surface area contributed by atoms with Crippen LogP contribution < -0.4 is 62.9 Å². The van der Waals surface area contributed by atoms with Crippen molar-refractivity contribution in [2.75, 3.05) is 13.1 Å². The van der Waals surface area contributed by atoms with Gasteiger partial charge in [0.25, 0.3) is 0 Å². The highest BCUT2D eigenvalue weighted by Gasteiger charge is 2.41. The average molecular weight is 1350 g/mol. The van der Waals surface area contributed by atoms with E-state index in [1.54, 1.807) is 0 Å². The van der Waals surface area contributed by atoms with E-state index >= 15 is 19.2 Å². The number of aliphatic hydroxyl groups is 1. The minimum absolute atomic E-state index is 0.105. The maximum atomic E-state index is 15.9. The second-order valence-electron chi connectivity index (χ2n) is 23.7. The van der Waals surface area contributed by atoms with Crippen molar-refractivity contribution in [1.82, 2.24) is 37.2 Å². The Morgan fingerprint density at radius 2 is 1.07 bits per heavy atom. The van der Waals surface area contributed by atoms with Gasteiger partial charge in [0.15, 0.2) is 23.0 Å². The van der Waals surface area contributed by atoms with E-state index in [2.05, 4.69) is 37.2 Å². The van der Waals surface area contributed by atoms with Gasteiger partial charge in [-0.2, -0.15) is 0 Å². The van der Waals surface area contributed by atoms with Gasteiger partial charge in [-0.15, -0.1) is 0 Å². The van der Waals surface area contributed by atoms with Crippen molar-refractivity contribution in [3.8, 4) is 80.1 Å². The van der Waals surface area contributed by atoms with Gasteiger partial charge >= 0.3 is 0 Å². The molecule has 7 amide bonds. The second kappa shape index (κ2) is 28.6. The lowest BCUT2D eigenvalue weighted by molar-refractivity contribution is -0.137. The fourth-order valence-electron chi connectivity index (χ4n) is 11.9. The Balaban J connectivity index is 1.07.